The maximum Gasteiger partial charge on any atom is 0.179 e. The van der Waals surface area contributed by atoms with E-state index in [9.17, 15) is 4.79 Å². The SMILES string of the molecule is CCC(C(=O)c1ccccc1)N(C)CCOC(C)C. The molecule has 0 saturated carbocycles. The number of carbonyl (C=O) groups excluding carboxylic acids is 1. The molecule has 0 bridgehead atoms. The summed E-state index contributed by atoms with van der Waals surface area (Å²) in [6.07, 6.45) is 1.05. The molecule has 0 aliphatic heterocycles. The Morgan fingerprint density at radius 3 is 2.42 bits per heavy atom. The zero-order valence-electron chi connectivity index (χ0n) is 12.4. The van der Waals surface area contributed by atoms with Gasteiger partial charge in [-0.3, -0.25) is 9.69 Å². The number of ketones is 1. The Morgan fingerprint density at radius 2 is 1.89 bits per heavy atom. The number of Topliss-reactive ketones (excluding diaryl/α,β-unsaturated/α-hetero) is 1. The Balaban J connectivity index is 2.59. The van der Waals surface area contributed by atoms with E-state index in [0.29, 0.717) is 6.61 Å². The third-order valence-corrected chi connectivity index (χ3v) is 3.17. The molecule has 0 amide bonds. The minimum atomic E-state index is -0.0711. The van der Waals surface area contributed by atoms with E-state index in [2.05, 4.69) is 4.90 Å². The van der Waals surface area contributed by atoms with Gasteiger partial charge in [-0.05, 0) is 27.3 Å². The van der Waals surface area contributed by atoms with Gasteiger partial charge >= 0.3 is 0 Å². The second-order valence-electron chi connectivity index (χ2n) is 5.05. The van der Waals surface area contributed by atoms with E-state index in [4.69, 9.17) is 4.74 Å². The van der Waals surface area contributed by atoms with Gasteiger partial charge in [0.25, 0.3) is 0 Å². The number of benzene rings is 1. The molecule has 0 N–H and O–H groups in total. The van der Waals surface area contributed by atoms with Crippen LogP contribution in [0.5, 0.6) is 0 Å². The smallest absolute Gasteiger partial charge is 0.179 e. The van der Waals surface area contributed by atoms with Gasteiger partial charge in [0.05, 0.1) is 18.8 Å². The third kappa shape index (κ3) is 5.13. The molecule has 1 aromatic carbocycles. The molecule has 0 radical (unpaired) electrons. The highest BCUT2D eigenvalue weighted by Crippen LogP contribution is 2.11. The summed E-state index contributed by atoms with van der Waals surface area (Å²) in [6.45, 7) is 7.52. The van der Waals surface area contributed by atoms with Crippen LogP contribution in [-0.2, 0) is 4.74 Å². The maximum absolute atomic E-state index is 12.4. The largest absolute Gasteiger partial charge is 0.377 e. The van der Waals surface area contributed by atoms with Crippen molar-refractivity contribution in [1.82, 2.24) is 4.90 Å². The van der Waals surface area contributed by atoms with E-state index in [-0.39, 0.29) is 17.9 Å². The average Bonchev–Trinajstić information content (AvgIpc) is 2.40. The molecule has 3 nitrogen and oxygen atoms in total. The predicted octanol–water partition coefficient (Wildman–Crippen LogP) is 3.00. The second kappa shape index (κ2) is 8.08. The van der Waals surface area contributed by atoms with Gasteiger partial charge < -0.3 is 4.74 Å². The zero-order valence-corrected chi connectivity index (χ0v) is 12.4. The van der Waals surface area contributed by atoms with Crippen LogP contribution < -0.4 is 0 Å². The fourth-order valence-corrected chi connectivity index (χ4v) is 2.08. The standard InChI is InChI=1S/C16H25NO2/c1-5-15(17(4)11-12-19-13(2)3)16(18)14-9-7-6-8-10-14/h6-10,13,15H,5,11-12H2,1-4H3. The lowest BCUT2D eigenvalue weighted by Gasteiger charge is -2.26. The van der Waals surface area contributed by atoms with Crippen molar-refractivity contribution in [3.63, 3.8) is 0 Å². The third-order valence-electron chi connectivity index (χ3n) is 3.17. The molecule has 0 fully saturated rings. The van der Waals surface area contributed by atoms with Gasteiger partial charge in [-0.15, -0.1) is 0 Å². The lowest BCUT2D eigenvalue weighted by molar-refractivity contribution is 0.0520. The van der Waals surface area contributed by atoms with Crippen LogP contribution in [0.3, 0.4) is 0 Å². The van der Waals surface area contributed by atoms with Gasteiger partial charge in [-0.2, -0.15) is 0 Å². The number of hydrogen-bond acceptors (Lipinski definition) is 3. The molecule has 0 saturated heterocycles. The summed E-state index contributed by atoms with van der Waals surface area (Å²) in [5.41, 5.74) is 0.783. The average molecular weight is 263 g/mol. The quantitative estimate of drug-likeness (QED) is 0.675. The van der Waals surface area contributed by atoms with Crippen molar-refractivity contribution < 1.29 is 9.53 Å². The second-order valence-corrected chi connectivity index (χ2v) is 5.05. The van der Waals surface area contributed by atoms with Crippen LogP contribution in [0.15, 0.2) is 30.3 Å². The van der Waals surface area contributed by atoms with Crippen LogP contribution in [-0.4, -0.2) is 43.0 Å². The van der Waals surface area contributed by atoms with Gasteiger partial charge in [0.2, 0.25) is 0 Å². The molecule has 0 heterocycles. The van der Waals surface area contributed by atoms with Crippen molar-refractivity contribution in [3.8, 4) is 0 Å². The van der Waals surface area contributed by atoms with Gasteiger partial charge in [0, 0.05) is 12.1 Å². The Labute approximate surface area is 116 Å². The van der Waals surface area contributed by atoms with E-state index < -0.39 is 0 Å². The van der Waals surface area contributed by atoms with Crippen LogP contribution in [0.1, 0.15) is 37.6 Å². The van der Waals surface area contributed by atoms with Crippen molar-refractivity contribution in [1.29, 1.82) is 0 Å². The molecule has 0 aliphatic carbocycles. The number of carbonyl (C=O) groups is 1. The summed E-state index contributed by atoms with van der Waals surface area (Å²) >= 11 is 0. The van der Waals surface area contributed by atoms with Crippen molar-refractivity contribution in [3.05, 3.63) is 35.9 Å². The van der Waals surface area contributed by atoms with Gasteiger partial charge in [0.15, 0.2) is 5.78 Å². The van der Waals surface area contributed by atoms with E-state index in [1.165, 1.54) is 0 Å². The van der Waals surface area contributed by atoms with Gasteiger partial charge in [0.1, 0.15) is 0 Å². The summed E-state index contributed by atoms with van der Waals surface area (Å²) in [7, 11) is 1.98. The van der Waals surface area contributed by atoms with Crippen molar-refractivity contribution in [2.75, 3.05) is 20.2 Å². The van der Waals surface area contributed by atoms with Crippen LogP contribution in [0, 0.1) is 0 Å². The van der Waals surface area contributed by atoms with Gasteiger partial charge in [-0.25, -0.2) is 0 Å². The highest BCUT2D eigenvalue weighted by atomic mass is 16.5. The monoisotopic (exact) mass is 263 g/mol. The summed E-state index contributed by atoms with van der Waals surface area (Å²) in [6, 6.07) is 9.42. The van der Waals surface area contributed by atoms with Crippen LogP contribution in [0.2, 0.25) is 0 Å². The molecule has 0 aromatic heterocycles. The number of rotatable bonds is 8. The first-order chi connectivity index (χ1) is 9.06. The normalized spacial score (nSPS) is 12.9. The molecule has 1 rings (SSSR count). The first-order valence-corrected chi connectivity index (χ1v) is 6.97. The molecule has 106 valence electrons. The fourth-order valence-electron chi connectivity index (χ4n) is 2.08. The van der Waals surface area contributed by atoms with Gasteiger partial charge in [-0.1, -0.05) is 37.3 Å². The molecule has 19 heavy (non-hydrogen) atoms. The number of nitrogens with zero attached hydrogens (tertiary/aromatic N) is 1. The van der Waals surface area contributed by atoms with Crippen LogP contribution >= 0.6 is 0 Å². The predicted molar refractivity (Wildman–Crippen MR) is 78.6 cm³/mol. The topological polar surface area (TPSA) is 29.5 Å². The van der Waals surface area contributed by atoms with E-state index in [1.807, 2.05) is 58.2 Å². The highest BCUT2D eigenvalue weighted by Gasteiger charge is 2.22. The zero-order chi connectivity index (χ0) is 14.3. The number of hydrogen-bond donors (Lipinski definition) is 0. The number of likely N-dealkylation sites (N-methyl/N-ethyl adjacent to an activating group) is 1. The molecule has 0 spiro atoms. The van der Waals surface area contributed by atoms with Crippen LogP contribution in [0.4, 0.5) is 0 Å². The molecule has 1 unspecified atom stereocenters. The summed E-state index contributed by atoms with van der Waals surface area (Å²) in [5.74, 6) is 0.190. The maximum atomic E-state index is 12.4. The van der Waals surface area contributed by atoms with E-state index in [1.54, 1.807) is 0 Å². The molecule has 1 aromatic rings. The molecular weight excluding hydrogens is 238 g/mol. The molecule has 0 aliphatic rings. The first kappa shape index (κ1) is 15.9. The van der Waals surface area contributed by atoms with Crippen molar-refractivity contribution >= 4 is 5.78 Å². The summed E-state index contributed by atoms with van der Waals surface area (Å²) in [4.78, 5) is 14.5. The first-order valence-electron chi connectivity index (χ1n) is 6.97. The Bertz CT molecular complexity index is 376. The molecular formula is C16H25NO2. The van der Waals surface area contributed by atoms with Crippen molar-refractivity contribution in [2.24, 2.45) is 0 Å². The van der Waals surface area contributed by atoms with E-state index >= 15 is 0 Å². The molecule has 1 atom stereocenters. The van der Waals surface area contributed by atoms with Crippen LogP contribution in [0.25, 0.3) is 0 Å². The highest BCUT2D eigenvalue weighted by molar-refractivity contribution is 6.00. The summed E-state index contributed by atoms with van der Waals surface area (Å²) in [5, 5.41) is 0. The van der Waals surface area contributed by atoms with E-state index in [0.717, 1.165) is 18.5 Å². The summed E-state index contributed by atoms with van der Waals surface area (Å²) < 4.78 is 5.54. The minimum Gasteiger partial charge on any atom is -0.377 e. The Kier molecular flexibility index (Phi) is 6.74. The lowest BCUT2D eigenvalue weighted by Crippen LogP contribution is -2.40. The molecule has 3 heteroatoms. The minimum absolute atomic E-state index is 0.0711. The Morgan fingerprint density at radius 1 is 1.26 bits per heavy atom. The Hall–Kier alpha value is -1.19. The lowest BCUT2D eigenvalue weighted by atomic mass is 10.0. The fraction of sp³-hybridized carbons (Fsp3) is 0.562. The van der Waals surface area contributed by atoms with Crippen molar-refractivity contribution in [2.45, 2.75) is 39.3 Å². The number of ether oxygens (including phenoxy) is 1.